The number of amides is 3. The molecule has 0 aromatic heterocycles. The summed E-state index contributed by atoms with van der Waals surface area (Å²) in [6.07, 6.45) is 0.256. The number of nitrogens with two attached hydrogens (primary N) is 1. The van der Waals surface area contributed by atoms with Gasteiger partial charge in [0.2, 0.25) is 0 Å². The Morgan fingerprint density at radius 3 is 2.50 bits per heavy atom. The first-order valence-corrected chi connectivity index (χ1v) is 5.32. The van der Waals surface area contributed by atoms with Gasteiger partial charge >= 0.3 is 12.1 Å². The summed E-state index contributed by atoms with van der Waals surface area (Å²) in [7, 11) is 0. The van der Waals surface area contributed by atoms with Crippen LogP contribution >= 0.6 is 0 Å². The molecule has 92 valence electrons. The van der Waals surface area contributed by atoms with Crippen LogP contribution in [-0.4, -0.2) is 41.8 Å². The fourth-order valence-electron chi connectivity index (χ4n) is 1.55. The van der Waals surface area contributed by atoms with Gasteiger partial charge in [-0.2, -0.15) is 0 Å². The third-order valence-corrected chi connectivity index (χ3v) is 2.22. The molecule has 1 saturated heterocycles. The maximum absolute atomic E-state index is 11.4. The molecular formula is C10H19N3O3. The molecule has 0 aliphatic carbocycles. The van der Waals surface area contributed by atoms with Crippen LogP contribution in [0, 0.1) is 0 Å². The van der Waals surface area contributed by atoms with Crippen LogP contribution in [0.25, 0.3) is 0 Å². The fourth-order valence-corrected chi connectivity index (χ4v) is 1.55. The van der Waals surface area contributed by atoms with E-state index < -0.39 is 17.7 Å². The van der Waals surface area contributed by atoms with Crippen molar-refractivity contribution < 1.29 is 14.3 Å². The van der Waals surface area contributed by atoms with Crippen LogP contribution in [0.4, 0.5) is 9.59 Å². The van der Waals surface area contributed by atoms with Gasteiger partial charge in [-0.05, 0) is 27.2 Å². The zero-order chi connectivity index (χ0) is 12.3. The second-order valence-electron chi connectivity index (χ2n) is 4.92. The number of alkyl carbamates (subject to hydrolysis) is 1. The topological polar surface area (TPSA) is 84.7 Å². The molecule has 6 heteroatoms. The van der Waals surface area contributed by atoms with Crippen LogP contribution in [0.2, 0.25) is 0 Å². The third-order valence-electron chi connectivity index (χ3n) is 2.22. The highest BCUT2D eigenvalue weighted by Gasteiger charge is 2.27. The van der Waals surface area contributed by atoms with Crippen LogP contribution < -0.4 is 11.1 Å². The normalized spacial score (nSPS) is 20.7. The highest BCUT2D eigenvalue weighted by molar-refractivity contribution is 5.73. The minimum Gasteiger partial charge on any atom is -0.444 e. The zero-order valence-electron chi connectivity index (χ0n) is 9.95. The Morgan fingerprint density at radius 1 is 1.44 bits per heavy atom. The van der Waals surface area contributed by atoms with Crippen LogP contribution in [0.15, 0.2) is 0 Å². The SMILES string of the molecule is CC(C)(C)OC(=O)NC1CCN(C(N)=O)C1. The molecule has 1 aliphatic heterocycles. The maximum atomic E-state index is 11.4. The van der Waals surface area contributed by atoms with Crippen LogP contribution in [0.3, 0.4) is 0 Å². The van der Waals surface area contributed by atoms with E-state index in [4.69, 9.17) is 10.5 Å². The molecule has 0 bridgehead atoms. The number of likely N-dealkylation sites (tertiary alicyclic amines) is 1. The molecule has 1 fully saturated rings. The van der Waals surface area contributed by atoms with E-state index in [1.54, 1.807) is 20.8 Å². The zero-order valence-corrected chi connectivity index (χ0v) is 9.95. The quantitative estimate of drug-likeness (QED) is 0.692. The minimum atomic E-state index is -0.508. The van der Waals surface area contributed by atoms with Gasteiger partial charge in [0.15, 0.2) is 0 Å². The van der Waals surface area contributed by atoms with Crippen molar-refractivity contribution >= 4 is 12.1 Å². The standard InChI is InChI=1S/C10H19N3O3/c1-10(2,3)16-9(15)12-7-4-5-13(6-7)8(11)14/h7H,4-6H2,1-3H3,(H2,11,14)(H,12,15). The number of nitrogens with one attached hydrogen (secondary N) is 1. The lowest BCUT2D eigenvalue weighted by atomic mass is 10.2. The number of rotatable bonds is 1. The van der Waals surface area contributed by atoms with Crippen molar-refractivity contribution in [1.82, 2.24) is 10.2 Å². The lowest BCUT2D eigenvalue weighted by Crippen LogP contribution is -2.42. The van der Waals surface area contributed by atoms with E-state index in [-0.39, 0.29) is 6.04 Å². The summed E-state index contributed by atoms with van der Waals surface area (Å²) in [4.78, 5) is 23.8. The fraction of sp³-hybridized carbons (Fsp3) is 0.800. The smallest absolute Gasteiger partial charge is 0.407 e. The van der Waals surface area contributed by atoms with Gasteiger partial charge in [-0.1, -0.05) is 0 Å². The maximum Gasteiger partial charge on any atom is 0.407 e. The number of carbonyl (C=O) groups is 2. The van der Waals surface area contributed by atoms with Crippen molar-refractivity contribution in [3.05, 3.63) is 0 Å². The Hall–Kier alpha value is -1.46. The molecule has 0 saturated carbocycles. The molecular weight excluding hydrogens is 210 g/mol. The Kier molecular flexibility index (Phi) is 3.62. The summed E-state index contributed by atoms with van der Waals surface area (Å²) < 4.78 is 5.11. The third kappa shape index (κ3) is 3.96. The Bertz CT molecular complexity index is 286. The van der Waals surface area contributed by atoms with E-state index in [0.717, 1.165) is 0 Å². The minimum absolute atomic E-state index is 0.0673. The van der Waals surface area contributed by atoms with E-state index in [9.17, 15) is 9.59 Å². The second kappa shape index (κ2) is 4.59. The first-order chi connectivity index (χ1) is 7.28. The van der Waals surface area contributed by atoms with Gasteiger partial charge in [0.1, 0.15) is 5.60 Å². The molecule has 3 amide bonds. The van der Waals surface area contributed by atoms with Crippen molar-refractivity contribution in [2.75, 3.05) is 13.1 Å². The Morgan fingerprint density at radius 2 is 2.06 bits per heavy atom. The first kappa shape index (κ1) is 12.6. The molecule has 16 heavy (non-hydrogen) atoms. The molecule has 1 atom stereocenters. The summed E-state index contributed by atoms with van der Waals surface area (Å²) in [6, 6.07) is -0.518. The number of ether oxygens (including phenoxy) is 1. The number of hydrogen-bond acceptors (Lipinski definition) is 3. The van der Waals surface area contributed by atoms with Crippen LogP contribution in [0.1, 0.15) is 27.2 Å². The van der Waals surface area contributed by atoms with Gasteiger partial charge in [-0.3, -0.25) is 0 Å². The molecule has 0 spiro atoms. The van der Waals surface area contributed by atoms with Crippen molar-refractivity contribution in [2.45, 2.75) is 38.8 Å². The van der Waals surface area contributed by atoms with Gasteiger partial charge in [-0.25, -0.2) is 9.59 Å². The van der Waals surface area contributed by atoms with E-state index in [1.165, 1.54) is 4.90 Å². The van der Waals surface area contributed by atoms with Crippen molar-refractivity contribution in [3.63, 3.8) is 0 Å². The molecule has 3 N–H and O–H groups in total. The summed E-state index contributed by atoms with van der Waals surface area (Å²) in [6.45, 7) is 6.44. The molecule has 0 aromatic rings. The molecule has 1 heterocycles. The second-order valence-corrected chi connectivity index (χ2v) is 4.92. The highest BCUT2D eigenvalue weighted by Crippen LogP contribution is 2.11. The van der Waals surface area contributed by atoms with Gasteiger partial charge < -0.3 is 20.7 Å². The molecule has 0 radical (unpaired) electrons. The molecule has 0 aromatic carbocycles. The van der Waals surface area contributed by atoms with Crippen molar-refractivity contribution in [3.8, 4) is 0 Å². The van der Waals surface area contributed by atoms with Gasteiger partial charge in [0, 0.05) is 13.1 Å². The summed E-state index contributed by atoms with van der Waals surface area (Å²) in [5, 5.41) is 2.71. The number of primary amides is 1. The Balaban J connectivity index is 2.34. The van der Waals surface area contributed by atoms with Gasteiger partial charge in [0.05, 0.1) is 6.04 Å². The monoisotopic (exact) mass is 229 g/mol. The average Bonchev–Trinajstić information content (AvgIpc) is 2.48. The highest BCUT2D eigenvalue weighted by atomic mass is 16.6. The lowest BCUT2D eigenvalue weighted by Gasteiger charge is -2.21. The van der Waals surface area contributed by atoms with E-state index in [0.29, 0.717) is 19.5 Å². The van der Waals surface area contributed by atoms with Crippen LogP contribution in [-0.2, 0) is 4.74 Å². The van der Waals surface area contributed by atoms with E-state index in [1.807, 2.05) is 0 Å². The van der Waals surface area contributed by atoms with Gasteiger partial charge in [-0.15, -0.1) is 0 Å². The predicted octanol–water partition coefficient (Wildman–Crippen LogP) is 0.664. The first-order valence-electron chi connectivity index (χ1n) is 5.32. The average molecular weight is 229 g/mol. The van der Waals surface area contributed by atoms with Crippen molar-refractivity contribution in [1.29, 1.82) is 0 Å². The summed E-state index contributed by atoms with van der Waals surface area (Å²) in [5.74, 6) is 0. The van der Waals surface area contributed by atoms with E-state index >= 15 is 0 Å². The van der Waals surface area contributed by atoms with Crippen molar-refractivity contribution in [2.24, 2.45) is 5.73 Å². The summed E-state index contributed by atoms with van der Waals surface area (Å²) in [5.41, 5.74) is 4.63. The van der Waals surface area contributed by atoms with E-state index in [2.05, 4.69) is 5.32 Å². The molecule has 1 aliphatic rings. The predicted molar refractivity (Wildman–Crippen MR) is 58.9 cm³/mol. The van der Waals surface area contributed by atoms with Crippen LogP contribution in [0.5, 0.6) is 0 Å². The summed E-state index contributed by atoms with van der Waals surface area (Å²) >= 11 is 0. The number of carbonyl (C=O) groups excluding carboxylic acids is 2. The number of hydrogen-bond donors (Lipinski definition) is 2. The lowest BCUT2D eigenvalue weighted by molar-refractivity contribution is 0.0506. The number of nitrogens with zero attached hydrogens (tertiary/aromatic N) is 1. The molecule has 6 nitrogen and oxygen atoms in total. The largest absolute Gasteiger partial charge is 0.444 e. The Labute approximate surface area is 95.1 Å². The van der Waals surface area contributed by atoms with Gasteiger partial charge in [0.25, 0.3) is 0 Å². The number of urea groups is 1. The molecule has 1 rings (SSSR count). The molecule has 1 unspecified atom stereocenters.